The van der Waals surface area contributed by atoms with Crippen LogP contribution in [0, 0.1) is 5.82 Å². The Morgan fingerprint density at radius 2 is 1.96 bits per heavy atom. The average Bonchev–Trinajstić information content (AvgIpc) is 3.18. The van der Waals surface area contributed by atoms with E-state index in [1.165, 1.54) is 18.2 Å². The monoisotopic (exact) mass is 377 g/mol. The summed E-state index contributed by atoms with van der Waals surface area (Å²) in [6.07, 6.45) is 2.10. The van der Waals surface area contributed by atoms with E-state index < -0.39 is 11.9 Å². The third-order valence-electron chi connectivity index (χ3n) is 5.80. The number of hydrogen-bond acceptors (Lipinski definition) is 2. The first kappa shape index (κ1) is 17.0. The fraction of sp³-hybridized carbons (Fsp3) is 0.273. The van der Waals surface area contributed by atoms with Crippen molar-refractivity contribution >= 4 is 28.5 Å². The Morgan fingerprint density at radius 3 is 2.75 bits per heavy atom. The van der Waals surface area contributed by atoms with Crippen molar-refractivity contribution in [3.63, 3.8) is 0 Å². The smallest absolute Gasteiger partial charge is 0.332 e. The van der Waals surface area contributed by atoms with Crippen LogP contribution in [0.5, 0.6) is 0 Å². The Morgan fingerprint density at radius 1 is 1.14 bits per heavy atom. The highest BCUT2D eigenvalue weighted by atomic mass is 19.1. The third kappa shape index (κ3) is 2.30. The molecule has 1 N–H and O–H groups in total. The van der Waals surface area contributed by atoms with Crippen LogP contribution in [0.3, 0.4) is 0 Å². The predicted molar refractivity (Wildman–Crippen MR) is 105 cm³/mol. The maximum absolute atomic E-state index is 13.7. The standard InChI is InChI=1S/C22H20FN3O2/c1-2-6-18-20-16(15-9-3-4-10-17(15)24-20)12-19-21(27)25(22(28)26(18)19)14-8-5-7-13(23)11-14/h3-5,7-11,18-19,24H,2,6,12H2,1H3/t18-,19+/m1/s1. The number of fused-ring (bicyclic) bond motifs is 4. The molecule has 2 aromatic carbocycles. The fourth-order valence-corrected chi connectivity index (χ4v) is 4.61. The molecular formula is C22H20FN3O2. The number of nitrogens with one attached hydrogen (secondary N) is 1. The van der Waals surface area contributed by atoms with Crippen LogP contribution in [0.25, 0.3) is 10.9 Å². The topological polar surface area (TPSA) is 56.4 Å². The second-order valence-electron chi connectivity index (χ2n) is 7.43. The Hall–Kier alpha value is -3.15. The van der Waals surface area contributed by atoms with Gasteiger partial charge >= 0.3 is 6.03 Å². The Bertz CT molecular complexity index is 1110. The van der Waals surface area contributed by atoms with Crippen LogP contribution in [-0.4, -0.2) is 27.9 Å². The molecule has 2 aliphatic rings. The maximum Gasteiger partial charge on any atom is 0.332 e. The molecule has 5 nitrogen and oxygen atoms in total. The highest BCUT2D eigenvalue weighted by molar-refractivity contribution is 6.21. The molecule has 1 saturated heterocycles. The van der Waals surface area contributed by atoms with Gasteiger partial charge in [-0.05, 0) is 36.2 Å². The van der Waals surface area contributed by atoms with E-state index in [9.17, 15) is 14.0 Å². The zero-order chi connectivity index (χ0) is 19.4. The molecule has 0 spiro atoms. The van der Waals surface area contributed by atoms with Gasteiger partial charge in [0.15, 0.2) is 0 Å². The Kier molecular flexibility index (Phi) is 3.75. The number of anilines is 1. The lowest BCUT2D eigenvalue weighted by molar-refractivity contribution is -0.120. The van der Waals surface area contributed by atoms with Crippen molar-refractivity contribution in [3.8, 4) is 0 Å². The van der Waals surface area contributed by atoms with Gasteiger partial charge in [-0.1, -0.05) is 37.6 Å². The van der Waals surface area contributed by atoms with Crippen LogP contribution in [0.4, 0.5) is 14.9 Å². The van der Waals surface area contributed by atoms with Crippen molar-refractivity contribution in [1.29, 1.82) is 0 Å². The number of H-pyrrole nitrogens is 1. The summed E-state index contributed by atoms with van der Waals surface area (Å²) in [6.45, 7) is 2.07. The summed E-state index contributed by atoms with van der Waals surface area (Å²) in [5, 5.41) is 1.10. The van der Waals surface area contributed by atoms with Crippen molar-refractivity contribution < 1.29 is 14.0 Å². The van der Waals surface area contributed by atoms with Gasteiger partial charge in [0.05, 0.1) is 11.7 Å². The highest BCUT2D eigenvalue weighted by Gasteiger charge is 2.52. The fourth-order valence-electron chi connectivity index (χ4n) is 4.61. The number of hydrogen-bond donors (Lipinski definition) is 1. The van der Waals surface area contributed by atoms with E-state index in [1.54, 1.807) is 11.0 Å². The van der Waals surface area contributed by atoms with Crippen LogP contribution < -0.4 is 4.90 Å². The van der Waals surface area contributed by atoms with E-state index >= 15 is 0 Å². The van der Waals surface area contributed by atoms with E-state index in [4.69, 9.17) is 0 Å². The lowest BCUT2D eigenvalue weighted by Gasteiger charge is -2.35. The molecule has 3 amide bonds. The van der Waals surface area contributed by atoms with Crippen molar-refractivity contribution in [3.05, 3.63) is 65.6 Å². The molecule has 3 aromatic rings. The van der Waals surface area contributed by atoms with Gasteiger partial charge in [0.2, 0.25) is 0 Å². The minimum Gasteiger partial charge on any atom is -0.356 e. The van der Waals surface area contributed by atoms with Gasteiger partial charge < -0.3 is 9.88 Å². The predicted octanol–water partition coefficient (Wildman–Crippen LogP) is 4.54. The average molecular weight is 377 g/mol. The molecule has 5 rings (SSSR count). The minimum atomic E-state index is -0.556. The minimum absolute atomic E-state index is 0.193. The van der Waals surface area contributed by atoms with Crippen LogP contribution in [-0.2, 0) is 11.2 Å². The summed E-state index contributed by atoms with van der Waals surface area (Å²) in [5.41, 5.74) is 3.43. The molecule has 0 radical (unpaired) electrons. The number of halogens is 1. The lowest BCUT2D eigenvalue weighted by atomic mass is 9.90. The summed E-state index contributed by atoms with van der Waals surface area (Å²) in [5.74, 6) is -0.753. The number of aromatic nitrogens is 1. The molecule has 0 aliphatic carbocycles. The number of rotatable bonds is 3. The second-order valence-corrected chi connectivity index (χ2v) is 7.43. The Balaban J connectivity index is 1.63. The van der Waals surface area contributed by atoms with Gasteiger partial charge in [0.1, 0.15) is 11.9 Å². The molecule has 28 heavy (non-hydrogen) atoms. The number of benzene rings is 2. The quantitative estimate of drug-likeness (QED) is 0.681. The molecule has 0 unspecified atom stereocenters. The molecule has 0 saturated carbocycles. The SMILES string of the molecule is CCC[C@@H]1c2[nH]c3ccccc3c2C[C@H]2C(=O)N(c3cccc(F)c3)C(=O)N12. The number of nitrogens with zero attached hydrogens (tertiary/aromatic N) is 2. The largest absolute Gasteiger partial charge is 0.356 e. The number of urea groups is 1. The summed E-state index contributed by atoms with van der Waals surface area (Å²) in [4.78, 5) is 32.8. The van der Waals surface area contributed by atoms with Crippen LogP contribution in [0.1, 0.15) is 37.1 Å². The summed E-state index contributed by atoms with van der Waals surface area (Å²) in [7, 11) is 0. The number of carbonyl (C=O) groups is 2. The first-order chi connectivity index (χ1) is 13.6. The molecule has 0 bridgehead atoms. The lowest BCUT2D eigenvalue weighted by Crippen LogP contribution is -2.43. The van der Waals surface area contributed by atoms with Gasteiger partial charge in [0, 0.05) is 23.0 Å². The van der Waals surface area contributed by atoms with E-state index in [-0.39, 0.29) is 23.7 Å². The first-order valence-electron chi connectivity index (χ1n) is 9.61. The van der Waals surface area contributed by atoms with Crippen molar-refractivity contribution in [2.75, 3.05) is 4.90 Å². The third-order valence-corrected chi connectivity index (χ3v) is 5.80. The summed E-state index contributed by atoms with van der Waals surface area (Å²) < 4.78 is 13.7. The van der Waals surface area contributed by atoms with Gasteiger partial charge in [-0.15, -0.1) is 0 Å². The van der Waals surface area contributed by atoms with Crippen LogP contribution in [0.15, 0.2) is 48.5 Å². The van der Waals surface area contributed by atoms with Crippen molar-refractivity contribution in [1.82, 2.24) is 9.88 Å². The summed E-state index contributed by atoms with van der Waals surface area (Å²) in [6, 6.07) is 12.6. The first-order valence-corrected chi connectivity index (χ1v) is 9.61. The zero-order valence-corrected chi connectivity index (χ0v) is 15.5. The molecule has 142 valence electrons. The molecule has 1 aromatic heterocycles. The van der Waals surface area contributed by atoms with E-state index in [0.717, 1.165) is 39.9 Å². The molecule has 1 fully saturated rings. The normalized spacial score (nSPS) is 21.4. The number of aromatic amines is 1. The van der Waals surface area contributed by atoms with E-state index in [0.29, 0.717) is 6.42 Å². The second kappa shape index (κ2) is 6.19. The number of imide groups is 1. The molecule has 2 aliphatic heterocycles. The molecule has 6 heteroatoms. The van der Waals surface area contributed by atoms with Crippen LogP contribution in [0.2, 0.25) is 0 Å². The molecular weight excluding hydrogens is 357 g/mol. The molecule has 2 atom stereocenters. The molecule has 3 heterocycles. The van der Waals surface area contributed by atoms with Crippen molar-refractivity contribution in [2.24, 2.45) is 0 Å². The number of amides is 3. The van der Waals surface area contributed by atoms with Gasteiger partial charge in [-0.25, -0.2) is 14.1 Å². The highest BCUT2D eigenvalue weighted by Crippen LogP contribution is 2.43. The zero-order valence-electron chi connectivity index (χ0n) is 15.5. The van der Waals surface area contributed by atoms with E-state index in [1.807, 2.05) is 18.2 Å². The van der Waals surface area contributed by atoms with Crippen molar-refractivity contribution in [2.45, 2.75) is 38.3 Å². The maximum atomic E-state index is 13.7. The number of para-hydroxylation sites is 1. The Labute approximate surface area is 161 Å². The van der Waals surface area contributed by atoms with Gasteiger partial charge in [0.25, 0.3) is 5.91 Å². The van der Waals surface area contributed by atoms with Crippen LogP contribution >= 0.6 is 0 Å². The van der Waals surface area contributed by atoms with Gasteiger partial charge in [-0.2, -0.15) is 0 Å². The summed E-state index contributed by atoms with van der Waals surface area (Å²) >= 11 is 0. The number of carbonyl (C=O) groups excluding carboxylic acids is 2. The van der Waals surface area contributed by atoms with Gasteiger partial charge in [-0.3, -0.25) is 4.79 Å². The van der Waals surface area contributed by atoms with E-state index in [2.05, 4.69) is 18.0 Å².